The SMILES string of the molecule is CCOC(=O)C1=C(c2ccccc2)N=c2s/c(=C\c3cccc(OCc4ccc(C#N)cc4)c3)c(=O)n2[C@H]1c1ccc(OC)c(OC)c1. The van der Waals surface area contributed by atoms with Gasteiger partial charge in [0, 0.05) is 5.56 Å². The predicted octanol–water partition coefficient (Wildman–Crippen LogP) is 5.40. The Balaban J connectivity index is 1.48. The average molecular weight is 658 g/mol. The Hall–Kier alpha value is -5.92. The maximum Gasteiger partial charge on any atom is 0.338 e. The lowest BCUT2D eigenvalue weighted by molar-refractivity contribution is -0.138. The van der Waals surface area contributed by atoms with Gasteiger partial charge < -0.3 is 18.9 Å². The number of nitriles is 1. The fraction of sp³-hybridized carbons (Fsp3) is 0.158. The zero-order chi connectivity index (χ0) is 33.6. The van der Waals surface area contributed by atoms with E-state index in [1.54, 1.807) is 48.9 Å². The lowest BCUT2D eigenvalue weighted by Gasteiger charge is -2.26. The Morgan fingerprint density at radius 1 is 0.958 bits per heavy atom. The summed E-state index contributed by atoms with van der Waals surface area (Å²) < 4.78 is 24.6. The molecule has 0 N–H and O–H groups in total. The number of benzene rings is 4. The molecule has 1 atom stereocenters. The van der Waals surface area contributed by atoms with Crippen LogP contribution in [0.15, 0.2) is 112 Å². The minimum absolute atomic E-state index is 0.150. The number of fused-ring (bicyclic) bond motifs is 1. The van der Waals surface area contributed by atoms with Crippen LogP contribution >= 0.6 is 11.3 Å². The molecular weight excluding hydrogens is 627 g/mol. The van der Waals surface area contributed by atoms with Crippen LogP contribution in [-0.4, -0.2) is 31.4 Å². The van der Waals surface area contributed by atoms with Crippen molar-refractivity contribution in [2.24, 2.45) is 4.99 Å². The van der Waals surface area contributed by atoms with Gasteiger partial charge in [0.25, 0.3) is 5.56 Å². The summed E-state index contributed by atoms with van der Waals surface area (Å²) in [6, 6.07) is 30.6. The van der Waals surface area contributed by atoms with Crippen molar-refractivity contribution in [3.05, 3.63) is 150 Å². The normalized spacial score (nSPS) is 14.0. The van der Waals surface area contributed by atoms with Gasteiger partial charge in [-0.3, -0.25) is 9.36 Å². The van der Waals surface area contributed by atoms with E-state index < -0.39 is 12.0 Å². The highest BCUT2D eigenvalue weighted by Gasteiger charge is 2.35. The third kappa shape index (κ3) is 6.49. The fourth-order valence-electron chi connectivity index (χ4n) is 5.47. The highest BCUT2D eigenvalue weighted by molar-refractivity contribution is 7.07. The van der Waals surface area contributed by atoms with Crippen LogP contribution in [0.25, 0.3) is 11.8 Å². The molecule has 2 heterocycles. The van der Waals surface area contributed by atoms with E-state index in [2.05, 4.69) is 6.07 Å². The van der Waals surface area contributed by atoms with Crippen LogP contribution < -0.4 is 29.1 Å². The van der Waals surface area contributed by atoms with E-state index >= 15 is 0 Å². The van der Waals surface area contributed by atoms with E-state index in [9.17, 15) is 9.59 Å². The summed E-state index contributed by atoms with van der Waals surface area (Å²) in [6.07, 6.45) is 1.79. The third-order valence-electron chi connectivity index (χ3n) is 7.74. The van der Waals surface area contributed by atoms with E-state index in [0.717, 1.165) is 16.7 Å². The zero-order valence-electron chi connectivity index (χ0n) is 26.5. The largest absolute Gasteiger partial charge is 0.493 e. The van der Waals surface area contributed by atoms with Crippen molar-refractivity contribution in [1.82, 2.24) is 4.57 Å². The zero-order valence-corrected chi connectivity index (χ0v) is 27.3. The highest BCUT2D eigenvalue weighted by Crippen LogP contribution is 2.38. The number of methoxy groups -OCH3 is 2. The molecule has 5 aromatic rings. The maximum atomic E-state index is 14.3. The van der Waals surface area contributed by atoms with Crippen LogP contribution in [-0.2, 0) is 16.1 Å². The molecule has 9 nitrogen and oxygen atoms in total. The lowest BCUT2D eigenvalue weighted by atomic mass is 9.93. The lowest BCUT2D eigenvalue weighted by Crippen LogP contribution is -2.40. The molecule has 0 spiro atoms. The van der Waals surface area contributed by atoms with Crippen LogP contribution in [0.4, 0.5) is 0 Å². The minimum Gasteiger partial charge on any atom is -0.493 e. The van der Waals surface area contributed by atoms with Crippen molar-refractivity contribution >= 4 is 29.1 Å². The number of thiazole rings is 1. The molecule has 48 heavy (non-hydrogen) atoms. The Morgan fingerprint density at radius 3 is 2.44 bits per heavy atom. The van der Waals surface area contributed by atoms with Gasteiger partial charge in [-0.1, -0.05) is 72.0 Å². The van der Waals surface area contributed by atoms with Crippen molar-refractivity contribution in [3.8, 4) is 23.3 Å². The van der Waals surface area contributed by atoms with Crippen LogP contribution in [0.2, 0.25) is 0 Å². The molecule has 1 aliphatic rings. The number of ether oxygens (including phenoxy) is 4. The molecule has 0 saturated heterocycles. The van der Waals surface area contributed by atoms with Crippen LogP contribution in [0.1, 0.15) is 40.8 Å². The molecule has 10 heteroatoms. The van der Waals surface area contributed by atoms with Crippen molar-refractivity contribution in [3.63, 3.8) is 0 Å². The molecule has 0 fully saturated rings. The molecule has 0 unspecified atom stereocenters. The van der Waals surface area contributed by atoms with Gasteiger partial charge in [-0.15, -0.1) is 0 Å². The van der Waals surface area contributed by atoms with Gasteiger partial charge in [0.1, 0.15) is 12.4 Å². The topological polar surface area (TPSA) is 112 Å². The number of rotatable bonds is 10. The van der Waals surface area contributed by atoms with E-state index in [-0.39, 0.29) is 17.7 Å². The molecule has 0 bridgehead atoms. The van der Waals surface area contributed by atoms with Gasteiger partial charge in [0.2, 0.25) is 0 Å². The molecule has 0 radical (unpaired) electrons. The minimum atomic E-state index is -0.862. The quantitative estimate of drug-likeness (QED) is 0.185. The summed E-state index contributed by atoms with van der Waals surface area (Å²) in [6.45, 7) is 2.21. The van der Waals surface area contributed by atoms with Gasteiger partial charge in [0.15, 0.2) is 16.3 Å². The molecule has 240 valence electrons. The van der Waals surface area contributed by atoms with Crippen LogP contribution in [0.5, 0.6) is 17.2 Å². The van der Waals surface area contributed by atoms with Crippen LogP contribution in [0.3, 0.4) is 0 Å². The number of hydrogen-bond donors (Lipinski definition) is 0. The van der Waals surface area contributed by atoms with Gasteiger partial charge in [-0.25, -0.2) is 9.79 Å². The number of esters is 1. The molecule has 0 aliphatic carbocycles. The number of carbonyl (C=O) groups is 1. The van der Waals surface area contributed by atoms with E-state index in [0.29, 0.717) is 50.0 Å². The van der Waals surface area contributed by atoms with Gasteiger partial charge in [-0.05, 0) is 66.1 Å². The second kappa shape index (κ2) is 14.2. The maximum absolute atomic E-state index is 14.3. The first-order valence-electron chi connectivity index (χ1n) is 15.2. The highest BCUT2D eigenvalue weighted by atomic mass is 32.1. The summed E-state index contributed by atoms with van der Waals surface area (Å²) in [4.78, 5) is 33.4. The Labute approximate surface area is 280 Å². The van der Waals surface area contributed by atoms with E-state index in [4.69, 9.17) is 29.2 Å². The summed E-state index contributed by atoms with van der Waals surface area (Å²) >= 11 is 1.24. The van der Waals surface area contributed by atoms with Gasteiger partial charge in [-0.2, -0.15) is 5.26 Å². The van der Waals surface area contributed by atoms with E-state index in [1.165, 1.54) is 18.4 Å². The molecular formula is C38H31N3O6S. The van der Waals surface area contributed by atoms with Gasteiger partial charge >= 0.3 is 5.97 Å². The number of nitrogens with zero attached hydrogens (tertiary/aromatic N) is 3. The van der Waals surface area contributed by atoms with E-state index in [1.807, 2.05) is 72.8 Å². The van der Waals surface area contributed by atoms with Gasteiger partial charge in [0.05, 0.1) is 54.3 Å². The number of aromatic nitrogens is 1. The first-order chi connectivity index (χ1) is 23.4. The Bertz CT molecular complexity index is 2230. The molecule has 6 rings (SSSR count). The summed E-state index contributed by atoms with van der Waals surface area (Å²) in [5, 5.41) is 9.05. The molecule has 1 aromatic heterocycles. The van der Waals surface area contributed by atoms with Crippen molar-refractivity contribution in [1.29, 1.82) is 5.26 Å². The standard InChI is InChI=1S/C38H31N3O6S/c1-4-46-37(43)33-34(27-10-6-5-7-11-27)40-38-41(35(33)28-17-18-30(44-2)31(21-28)45-3)36(42)32(48-38)20-26-9-8-12-29(19-26)47-23-25-15-13-24(22-39)14-16-25/h5-21,35H,4,23H2,1-3H3/b32-20-/t35-/m0/s1. The molecule has 1 aliphatic heterocycles. The molecule has 0 saturated carbocycles. The monoisotopic (exact) mass is 657 g/mol. The summed E-state index contributed by atoms with van der Waals surface area (Å²) in [5.41, 5.74) is 3.98. The van der Waals surface area contributed by atoms with Crippen molar-refractivity contribution < 1.29 is 23.7 Å². The molecule has 4 aromatic carbocycles. The Morgan fingerprint density at radius 2 is 1.73 bits per heavy atom. The third-order valence-corrected chi connectivity index (χ3v) is 8.72. The van der Waals surface area contributed by atoms with Crippen molar-refractivity contribution in [2.75, 3.05) is 20.8 Å². The second-order valence-electron chi connectivity index (χ2n) is 10.7. The smallest absolute Gasteiger partial charge is 0.338 e. The predicted molar refractivity (Wildman–Crippen MR) is 183 cm³/mol. The first-order valence-corrected chi connectivity index (χ1v) is 16.0. The first kappa shape index (κ1) is 32.0. The molecule has 0 amide bonds. The summed E-state index contributed by atoms with van der Waals surface area (Å²) in [5.74, 6) is 1.03. The summed E-state index contributed by atoms with van der Waals surface area (Å²) in [7, 11) is 3.08. The van der Waals surface area contributed by atoms with Crippen LogP contribution in [0, 0.1) is 11.3 Å². The fourth-order valence-corrected chi connectivity index (χ4v) is 6.47. The van der Waals surface area contributed by atoms with Crippen molar-refractivity contribution in [2.45, 2.75) is 19.6 Å². The average Bonchev–Trinajstić information content (AvgIpc) is 3.44. The Kier molecular flexibility index (Phi) is 9.50. The number of hydrogen-bond acceptors (Lipinski definition) is 9. The second-order valence-corrected chi connectivity index (χ2v) is 11.7. The number of carbonyl (C=O) groups excluding carboxylic acids is 1.